The molecule has 2 aromatic carbocycles. The van der Waals surface area contributed by atoms with Gasteiger partial charge in [0, 0.05) is 5.02 Å². The lowest BCUT2D eigenvalue weighted by atomic mass is 9.98. The maximum absolute atomic E-state index is 11.3. The van der Waals surface area contributed by atoms with Crippen molar-refractivity contribution in [2.24, 2.45) is 0 Å². The van der Waals surface area contributed by atoms with Gasteiger partial charge >= 0.3 is 5.69 Å². The summed E-state index contributed by atoms with van der Waals surface area (Å²) in [4.78, 5) is 16.8. The Kier molecular flexibility index (Phi) is 3.34. The largest absolute Gasteiger partial charge is 0.323 e. The molecule has 1 atom stereocenters. The van der Waals surface area contributed by atoms with E-state index >= 15 is 0 Å². The zero-order valence-electron chi connectivity index (χ0n) is 10.9. The molecule has 4 nitrogen and oxygen atoms in total. The van der Waals surface area contributed by atoms with Crippen LogP contribution in [0.5, 0.6) is 0 Å². The number of imidazole rings is 1. The van der Waals surface area contributed by atoms with Gasteiger partial charge in [0.05, 0.1) is 17.1 Å². The highest BCUT2D eigenvalue weighted by Crippen LogP contribution is 2.25. The number of halogens is 1. The molecule has 3 N–H and O–H groups in total. The number of hydrogen-bond donors (Lipinski definition) is 3. The average Bonchev–Trinajstić information content (AvgIpc) is 2.79. The topological polar surface area (TPSA) is 60.7 Å². The Morgan fingerprint density at radius 2 is 1.80 bits per heavy atom. The summed E-state index contributed by atoms with van der Waals surface area (Å²) in [5.74, 6) is 0. The van der Waals surface area contributed by atoms with E-state index in [0.717, 1.165) is 22.2 Å². The first-order chi connectivity index (χ1) is 9.67. The van der Waals surface area contributed by atoms with E-state index in [1.165, 1.54) is 0 Å². The lowest BCUT2D eigenvalue weighted by Gasteiger charge is -2.17. The van der Waals surface area contributed by atoms with E-state index in [-0.39, 0.29) is 11.7 Å². The smallest absolute Gasteiger partial charge is 0.309 e. The van der Waals surface area contributed by atoms with Crippen molar-refractivity contribution in [1.29, 1.82) is 0 Å². The third-order valence-electron chi connectivity index (χ3n) is 3.34. The predicted octanol–water partition coefficient (Wildman–Crippen LogP) is 2.82. The molecular formula is C15H14ClN3O. The Labute approximate surface area is 120 Å². The molecule has 20 heavy (non-hydrogen) atoms. The second-order valence-electron chi connectivity index (χ2n) is 4.66. The van der Waals surface area contributed by atoms with Crippen LogP contribution in [-0.2, 0) is 0 Å². The molecule has 0 radical (unpaired) electrons. The molecule has 1 aromatic heterocycles. The van der Waals surface area contributed by atoms with Crippen molar-refractivity contribution in [3.63, 3.8) is 0 Å². The van der Waals surface area contributed by atoms with E-state index in [2.05, 4.69) is 15.3 Å². The minimum atomic E-state index is -0.194. The van der Waals surface area contributed by atoms with Crippen LogP contribution in [0.15, 0.2) is 47.3 Å². The van der Waals surface area contributed by atoms with Crippen LogP contribution in [0, 0.1) is 0 Å². The standard InChI is InChI=1S/C15H14ClN3O/c1-17-14(9-3-2-4-11(16)7-9)10-5-6-12-13(8-10)19-15(20)18-12/h2-8,14,17H,1H3,(H2,18,19,20). The van der Waals surface area contributed by atoms with Gasteiger partial charge in [-0.25, -0.2) is 4.79 Å². The van der Waals surface area contributed by atoms with Crippen molar-refractivity contribution >= 4 is 22.6 Å². The number of benzene rings is 2. The summed E-state index contributed by atoms with van der Waals surface area (Å²) in [7, 11) is 1.90. The zero-order chi connectivity index (χ0) is 14.1. The molecule has 1 heterocycles. The van der Waals surface area contributed by atoms with E-state index in [4.69, 9.17) is 11.6 Å². The molecule has 0 amide bonds. The van der Waals surface area contributed by atoms with Gasteiger partial charge in [-0.3, -0.25) is 0 Å². The van der Waals surface area contributed by atoms with Crippen LogP contribution in [0.4, 0.5) is 0 Å². The van der Waals surface area contributed by atoms with Crippen molar-refractivity contribution in [3.8, 4) is 0 Å². The summed E-state index contributed by atoms with van der Waals surface area (Å²) < 4.78 is 0. The molecule has 102 valence electrons. The average molecular weight is 288 g/mol. The lowest BCUT2D eigenvalue weighted by molar-refractivity contribution is 0.692. The Hall–Kier alpha value is -2.04. The first-order valence-electron chi connectivity index (χ1n) is 6.32. The van der Waals surface area contributed by atoms with Gasteiger partial charge in [0.2, 0.25) is 0 Å². The minimum Gasteiger partial charge on any atom is -0.309 e. The molecule has 1 unspecified atom stereocenters. The van der Waals surface area contributed by atoms with Gasteiger partial charge in [0.1, 0.15) is 0 Å². The molecule has 0 aliphatic carbocycles. The van der Waals surface area contributed by atoms with Crippen LogP contribution < -0.4 is 11.0 Å². The number of H-pyrrole nitrogens is 2. The maximum Gasteiger partial charge on any atom is 0.323 e. The van der Waals surface area contributed by atoms with Crippen molar-refractivity contribution in [2.45, 2.75) is 6.04 Å². The highest BCUT2D eigenvalue weighted by Gasteiger charge is 2.13. The molecule has 0 aliphatic heterocycles. The molecule has 0 spiro atoms. The third kappa shape index (κ3) is 2.35. The van der Waals surface area contributed by atoms with Crippen LogP contribution in [-0.4, -0.2) is 17.0 Å². The first-order valence-corrected chi connectivity index (χ1v) is 6.70. The second-order valence-corrected chi connectivity index (χ2v) is 5.10. The van der Waals surface area contributed by atoms with Gasteiger partial charge in [-0.15, -0.1) is 0 Å². The first kappa shape index (κ1) is 13.0. The highest BCUT2D eigenvalue weighted by atomic mass is 35.5. The number of nitrogens with one attached hydrogen (secondary N) is 3. The molecule has 0 saturated heterocycles. The molecule has 0 bridgehead atoms. The fraction of sp³-hybridized carbons (Fsp3) is 0.133. The van der Waals surface area contributed by atoms with Gasteiger partial charge in [0.25, 0.3) is 0 Å². The van der Waals surface area contributed by atoms with Crippen LogP contribution in [0.1, 0.15) is 17.2 Å². The maximum atomic E-state index is 11.3. The third-order valence-corrected chi connectivity index (χ3v) is 3.58. The summed E-state index contributed by atoms with van der Waals surface area (Å²) in [6.07, 6.45) is 0. The van der Waals surface area contributed by atoms with Gasteiger partial charge < -0.3 is 15.3 Å². The Bertz CT molecular complexity index is 806. The normalized spacial score (nSPS) is 12.7. The molecule has 3 aromatic rings. The summed E-state index contributed by atoms with van der Waals surface area (Å²) in [6, 6.07) is 13.6. The lowest BCUT2D eigenvalue weighted by Crippen LogP contribution is -2.17. The monoisotopic (exact) mass is 287 g/mol. The second kappa shape index (κ2) is 5.15. The number of rotatable bonds is 3. The van der Waals surface area contributed by atoms with Crippen LogP contribution in [0.3, 0.4) is 0 Å². The molecular weight excluding hydrogens is 274 g/mol. The summed E-state index contributed by atoms with van der Waals surface area (Å²) in [6.45, 7) is 0. The predicted molar refractivity (Wildman–Crippen MR) is 81.3 cm³/mol. The Morgan fingerprint density at radius 3 is 2.55 bits per heavy atom. The summed E-state index contributed by atoms with van der Waals surface area (Å²) in [5, 5.41) is 3.98. The molecule has 0 fully saturated rings. The minimum absolute atomic E-state index is 0.0245. The van der Waals surface area contributed by atoms with E-state index in [9.17, 15) is 4.79 Å². The summed E-state index contributed by atoms with van der Waals surface area (Å²) in [5.41, 5.74) is 3.56. The van der Waals surface area contributed by atoms with Crippen molar-refractivity contribution < 1.29 is 0 Å². The van der Waals surface area contributed by atoms with Crippen LogP contribution >= 0.6 is 11.6 Å². The Balaban J connectivity index is 2.08. The number of aromatic amines is 2. The number of fused-ring (bicyclic) bond motifs is 1. The van der Waals surface area contributed by atoms with Gasteiger partial charge in [-0.2, -0.15) is 0 Å². The van der Waals surface area contributed by atoms with Gasteiger partial charge in [-0.1, -0.05) is 29.8 Å². The quantitative estimate of drug-likeness (QED) is 0.694. The molecule has 5 heteroatoms. The van der Waals surface area contributed by atoms with E-state index in [0.29, 0.717) is 5.02 Å². The molecule has 0 saturated carbocycles. The van der Waals surface area contributed by atoms with Gasteiger partial charge in [0.15, 0.2) is 0 Å². The van der Waals surface area contributed by atoms with E-state index in [1.54, 1.807) is 0 Å². The van der Waals surface area contributed by atoms with Crippen LogP contribution in [0.25, 0.3) is 11.0 Å². The Morgan fingerprint density at radius 1 is 1.05 bits per heavy atom. The molecule has 3 rings (SSSR count). The van der Waals surface area contributed by atoms with Crippen LogP contribution in [0.2, 0.25) is 5.02 Å². The van der Waals surface area contributed by atoms with Crippen molar-refractivity contribution in [3.05, 3.63) is 69.1 Å². The zero-order valence-corrected chi connectivity index (χ0v) is 11.7. The van der Waals surface area contributed by atoms with E-state index < -0.39 is 0 Å². The van der Waals surface area contributed by atoms with Gasteiger partial charge in [-0.05, 0) is 42.4 Å². The fourth-order valence-electron chi connectivity index (χ4n) is 2.44. The molecule has 0 aliphatic rings. The van der Waals surface area contributed by atoms with E-state index in [1.807, 2.05) is 49.5 Å². The number of aromatic nitrogens is 2. The highest BCUT2D eigenvalue weighted by molar-refractivity contribution is 6.30. The summed E-state index contributed by atoms with van der Waals surface area (Å²) >= 11 is 6.05. The SMILES string of the molecule is CNC(c1cccc(Cl)c1)c1ccc2[nH]c(=O)[nH]c2c1. The van der Waals surface area contributed by atoms with Crippen molar-refractivity contribution in [2.75, 3.05) is 7.05 Å². The number of hydrogen-bond acceptors (Lipinski definition) is 2. The fourth-order valence-corrected chi connectivity index (χ4v) is 2.64. The van der Waals surface area contributed by atoms with Crippen molar-refractivity contribution in [1.82, 2.24) is 15.3 Å².